The highest BCUT2D eigenvalue weighted by Gasteiger charge is 2.40. The van der Waals surface area contributed by atoms with Crippen molar-refractivity contribution in [3.63, 3.8) is 0 Å². The van der Waals surface area contributed by atoms with Gasteiger partial charge in [-0.1, -0.05) is 12.5 Å². The number of benzene rings is 1. The lowest BCUT2D eigenvalue weighted by molar-refractivity contribution is 0.0624. The van der Waals surface area contributed by atoms with Crippen molar-refractivity contribution in [2.45, 2.75) is 37.6 Å². The third-order valence-electron chi connectivity index (χ3n) is 4.74. The van der Waals surface area contributed by atoms with E-state index in [0.717, 1.165) is 31.5 Å². The predicted octanol–water partition coefficient (Wildman–Crippen LogP) is 2.64. The Morgan fingerprint density at radius 3 is 2.75 bits per heavy atom. The van der Waals surface area contributed by atoms with Crippen LogP contribution < -0.4 is 10.5 Å². The molecule has 0 saturated carbocycles. The summed E-state index contributed by atoms with van der Waals surface area (Å²) in [4.78, 5) is 2.50. The molecular formula is C16H23FN2O. The monoisotopic (exact) mass is 278 g/mol. The molecule has 20 heavy (non-hydrogen) atoms. The van der Waals surface area contributed by atoms with Crippen LogP contribution in [0.1, 0.15) is 37.7 Å². The molecule has 1 aromatic rings. The summed E-state index contributed by atoms with van der Waals surface area (Å²) in [7, 11) is 0. The van der Waals surface area contributed by atoms with E-state index in [0.29, 0.717) is 18.9 Å². The molecule has 1 saturated heterocycles. The molecule has 3 rings (SSSR count). The van der Waals surface area contributed by atoms with Gasteiger partial charge in [-0.3, -0.25) is 4.90 Å². The van der Waals surface area contributed by atoms with Crippen LogP contribution >= 0.6 is 0 Å². The summed E-state index contributed by atoms with van der Waals surface area (Å²) in [6, 6.07) is 4.91. The minimum Gasteiger partial charge on any atom is -0.493 e. The fraction of sp³-hybridized carbons (Fsp3) is 0.625. The highest BCUT2D eigenvalue weighted by molar-refractivity contribution is 5.41. The number of hydrogen-bond donors (Lipinski definition) is 1. The first-order valence-electron chi connectivity index (χ1n) is 7.64. The number of halogens is 1. The van der Waals surface area contributed by atoms with Crippen molar-refractivity contribution >= 4 is 0 Å². The number of likely N-dealkylation sites (tertiary alicyclic amines) is 1. The van der Waals surface area contributed by atoms with Gasteiger partial charge in [0.05, 0.1) is 12.1 Å². The number of piperidine rings is 1. The second-order valence-electron chi connectivity index (χ2n) is 5.88. The first-order chi connectivity index (χ1) is 9.76. The van der Waals surface area contributed by atoms with Crippen LogP contribution in [-0.4, -0.2) is 31.1 Å². The average molecular weight is 278 g/mol. The molecule has 0 spiro atoms. The lowest BCUT2D eigenvalue weighted by Gasteiger charge is -2.45. The van der Waals surface area contributed by atoms with Crippen LogP contribution in [0, 0.1) is 5.82 Å². The Hall–Kier alpha value is -1.13. The van der Waals surface area contributed by atoms with Gasteiger partial charge in [0.2, 0.25) is 0 Å². The highest BCUT2D eigenvalue weighted by Crippen LogP contribution is 2.41. The van der Waals surface area contributed by atoms with Gasteiger partial charge in [0.25, 0.3) is 0 Å². The summed E-state index contributed by atoms with van der Waals surface area (Å²) in [6.45, 7) is 3.36. The third-order valence-corrected chi connectivity index (χ3v) is 4.74. The van der Waals surface area contributed by atoms with Crippen molar-refractivity contribution in [3.05, 3.63) is 29.6 Å². The van der Waals surface area contributed by atoms with E-state index in [-0.39, 0.29) is 11.4 Å². The maximum atomic E-state index is 13.5. The Balaban J connectivity index is 2.05. The van der Waals surface area contributed by atoms with Crippen LogP contribution in [0.5, 0.6) is 5.75 Å². The van der Waals surface area contributed by atoms with Crippen LogP contribution in [0.3, 0.4) is 0 Å². The molecule has 2 heterocycles. The number of nitrogens with zero attached hydrogens (tertiary/aromatic N) is 1. The highest BCUT2D eigenvalue weighted by atomic mass is 19.1. The molecule has 2 N–H and O–H groups in total. The van der Waals surface area contributed by atoms with Crippen molar-refractivity contribution in [3.8, 4) is 5.75 Å². The van der Waals surface area contributed by atoms with Crippen molar-refractivity contribution < 1.29 is 9.13 Å². The van der Waals surface area contributed by atoms with Crippen LogP contribution in [0.2, 0.25) is 0 Å². The topological polar surface area (TPSA) is 38.5 Å². The molecule has 1 unspecified atom stereocenters. The molecule has 4 heteroatoms. The molecule has 2 aliphatic rings. The second-order valence-corrected chi connectivity index (χ2v) is 5.88. The molecule has 0 amide bonds. The molecule has 1 aromatic carbocycles. The molecular weight excluding hydrogens is 255 g/mol. The minimum atomic E-state index is -0.241. The van der Waals surface area contributed by atoms with Crippen molar-refractivity contribution in [2.75, 3.05) is 26.2 Å². The van der Waals surface area contributed by atoms with Crippen LogP contribution in [0.4, 0.5) is 4.39 Å². The molecule has 0 radical (unpaired) electrons. The molecule has 1 atom stereocenters. The Morgan fingerprint density at radius 1 is 1.20 bits per heavy atom. The van der Waals surface area contributed by atoms with Gasteiger partial charge in [0.15, 0.2) is 0 Å². The zero-order chi connectivity index (χ0) is 14.0. The van der Waals surface area contributed by atoms with Gasteiger partial charge in [0, 0.05) is 18.2 Å². The molecule has 2 aliphatic heterocycles. The molecule has 0 aromatic heterocycles. The van der Waals surface area contributed by atoms with Crippen LogP contribution in [-0.2, 0) is 5.54 Å². The van der Waals surface area contributed by atoms with Gasteiger partial charge in [-0.05, 0) is 44.8 Å². The van der Waals surface area contributed by atoms with E-state index in [1.54, 1.807) is 0 Å². The number of ether oxygens (including phenoxy) is 1. The molecule has 0 aliphatic carbocycles. The van der Waals surface area contributed by atoms with Gasteiger partial charge in [-0.15, -0.1) is 0 Å². The standard InChI is InChI=1S/C16H23FN2O/c17-13-5-6-14-15(11-13)20-10-4-7-16(14,12-18)19-8-2-1-3-9-19/h5-6,11H,1-4,7-10,12,18H2. The van der Waals surface area contributed by atoms with E-state index in [1.807, 2.05) is 6.07 Å². The van der Waals surface area contributed by atoms with Gasteiger partial charge in [-0.25, -0.2) is 4.39 Å². The quantitative estimate of drug-likeness (QED) is 0.904. The second kappa shape index (κ2) is 5.70. The van der Waals surface area contributed by atoms with E-state index >= 15 is 0 Å². The lowest BCUT2D eigenvalue weighted by Crippen LogP contribution is -2.53. The summed E-state index contributed by atoms with van der Waals surface area (Å²) >= 11 is 0. The lowest BCUT2D eigenvalue weighted by atomic mass is 9.82. The summed E-state index contributed by atoms with van der Waals surface area (Å²) < 4.78 is 19.3. The van der Waals surface area contributed by atoms with E-state index < -0.39 is 0 Å². The Labute approximate surface area is 119 Å². The fourth-order valence-corrected chi connectivity index (χ4v) is 3.67. The maximum Gasteiger partial charge on any atom is 0.127 e. The van der Waals surface area contributed by atoms with Gasteiger partial charge >= 0.3 is 0 Å². The average Bonchev–Trinajstić information content (AvgIpc) is 2.67. The van der Waals surface area contributed by atoms with Gasteiger partial charge < -0.3 is 10.5 Å². The maximum absolute atomic E-state index is 13.5. The Kier molecular flexibility index (Phi) is 3.94. The fourth-order valence-electron chi connectivity index (χ4n) is 3.67. The van der Waals surface area contributed by atoms with E-state index in [9.17, 15) is 4.39 Å². The van der Waals surface area contributed by atoms with Crippen LogP contribution in [0.25, 0.3) is 0 Å². The molecule has 110 valence electrons. The predicted molar refractivity (Wildman–Crippen MR) is 77.3 cm³/mol. The zero-order valence-corrected chi connectivity index (χ0v) is 11.9. The van der Waals surface area contributed by atoms with E-state index in [1.165, 1.54) is 31.4 Å². The number of rotatable bonds is 2. The molecule has 1 fully saturated rings. The largest absolute Gasteiger partial charge is 0.493 e. The number of nitrogens with two attached hydrogens (primary N) is 1. The van der Waals surface area contributed by atoms with Crippen molar-refractivity contribution in [1.82, 2.24) is 4.90 Å². The summed E-state index contributed by atoms with van der Waals surface area (Å²) in [5, 5.41) is 0. The molecule has 0 bridgehead atoms. The smallest absolute Gasteiger partial charge is 0.127 e. The summed E-state index contributed by atoms with van der Waals surface area (Å²) in [5.74, 6) is 0.439. The normalized spacial score (nSPS) is 27.5. The minimum absolute atomic E-state index is 0.181. The Bertz CT molecular complexity index is 474. The zero-order valence-electron chi connectivity index (χ0n) is 11.9. The first-order valence-corrected chi connectivity index (χ1v) is 7.64. The third kappa shape index (κ3) is 2.31. The van der Waals surface area contributed by atoms with Crippen LogP contribution in [0.15, 0.2) is 18.2 Å². The van der Waals surface area contributed by atoms with Gasteiger partial charge in [-0.2, -0.15) is 0 Å². The number of fused-ring (bicyclic) bond motifs is 1. The van der Waals surface area contributed by atoms with Crippen molar-refractivity contribution in [1.29, 1.82) is 0 Å². The molecule has 3 nitrogen and oxygen atoms in total. The van der Waals surface area contributed by atoms with E-state index in [2.05, 4.69) is 4.90 Å². The number of hydrogen-bond acceptors (Lipinski definition) is 3. The van der Waals surface area contributed by atoms with Crippen molar-refractivity contribution in [2.24, 2.45) is 5.73 Å². The van der Waals surface area contributed by atoms with E-state index in [4.69, 9.17) is 10.5 Å². The first kappa shape index (κ1) is 13.8. The SMILES string of the molecule is NCC1(N2CCCCC2)CCCOc2cc(F)ccc21. The Morgan fingerprint density at radius 2 is 2.00 bits per heavy atom. The summed E-state index contributed by atoms with van der Waals surface area (Å²) in [6.07, 6.45) is 5.69. The van der Waals surface area contributed by atoms with Gasteiger partial charge in [0.1, 0.15) is 11.6 Å². The summed E-state index contributed by atoms with van der Waals surface area (Å²) in [5.41, 5.74) is 7.09.